The van der Waals surface area contributed by atoms with Gasteiger partial charge in [-0.15, -0.1) is 12.4 Å². The average Bonchev–Trinajstić information content (AvgIpc) is 2.28. The summed E-state index contributed by atoms with van der Waals surface area (Å²) in [5.41, 5.74) is 6.92. The lowest BCUT2D eigenvalue weighted by atomic mass is 10.3. The van der Waals surface area contributed by atoms with Crippen molar-refractivity contribution in [2.24, 2.45) is 0 Å². The predicted octanol–water partition coefficient (Wildman–Crippen LogP) is 3.98. The van der Waals surface area contributed by atoms with Crippen LogP contribution in [0, 0.1) is 0 Å². The van der Waals surface area contributed by atoms with Crippen molar-refractivity contribution in [3.05, 3.63) is 23.2 Å². The van der Waals surface area contributed by atoms with Gasteiger partial charge in [0.15, 0.2) is 0 Å². The maximum absolute atomic E-state index is 12.2. The lowest BCUT2D eigenvalue weighted by molar-refractivity contribution is 0.221. The highest BCUT2D eigenvalue weighted by Gasteiger charge is 2.23. The molecule has 0 aliphatic heterocycles. The van der Waals surface area contributed by atoms with E-state index in [1.54, 1.807) is 32.0 Å². The van der Waals surface area contributed by atoms with Crippen LogP contribution < -0.4 is 11.1 Å². The van der Waals surface area contributed by atoms with E-state index in [1.807, 2.05) is 0 Å². The highest BCUT2D eigenvalue weighted by Crippen LogP contribution is 2.47. The van der Waals surface area contributed by atoms with Gasteiger partial charge >= 0.3 is 7.60 Å². The number of nitrogens with two attached hydrogens (primary N) is 1. The molecule has 19 heavy (non-hydrogen) atoms. The summed E-state index contributed by atoms with van der Waals surface area (Å²) in [5, 5.41) is 3.51. The van der Waals surface area contributed by atoms with E-state index in [2.05, 4.69) is 5.32 Å². The Morgan fingerprint density at radius 3 is 2.37 bits per heavy atom. The van der Waals surface area contributed by atoms with Gasteiger partial charge in [0, 0.05) is 5.02 Å². The van der Waals surface area contributed by atoms with Gasteiger partial charge in [0.1, 0.15) is 6.29 Å². The first-order chi connectivity index (χ1) is 8.50. The minimum Gasteiger partial charge on any atom is -0.397 e. The summed E-state index contributed by atoms with van der Waals surface area (Å²) in [6.07, 6.45) is 0.0700. The fourth-order valence-electron chi connectivity index (χ4n) is 1.40. The number of hydrogen-bond acceptors (Lipinski definition) is 5. The maximum Gasteiger partial charge on any atom is 0.349 e. The van der Waals surface area contributed by atoms with E-state index in [1.165, 1.54) is 0 Å². The monoisotopic (exact) mass is 328 g/mol. The van der Waals surface area contributed by atoms with Gasteiger partial charge in [-0.25, -0.2) is 0 Å². The number of benzene rings is 1. The average molecular weight is 329 g/mol. The van der Waals surface area contributed by atoms with Crippen LogP contribution in [0.1, 0.15) is 13.8 Å². The van der Waals surface area contributed by atoms with Gasteiger partial charge in [0.2, 0.25) is 0 Å². The summed E-state index contributed by atoms with van der Waals surface area (Å²) >= 11 is 5.79. The fraction of sp³-hybridized carbons (Fsp3) is 0.455. The predicted molar refractivity (Wildman–Crippen MR) is 82.5 cm³/mol. The third kappa shape index (κ3) is 6.02. The molecule has 0 amide bonds. The fourth-order valence-corrected chi connectivity index (χ4v) is 2.99. The molecule has 0 saturated carbocycles. The first kappa shape index (κ1) is 18.6. The number of halogens is 2. The zero-order valence-corrected chi connectivity index (χ0v) is 13.4. The lowest BCUT2D eigenvalue weighted by Crippen LogP contribution is -2.09. The Bertz CT molecular complexity index is 436. The van der Waals surface area contributed by atoms with Gasteiger partial charge in [0.05, 0.1) is 24.6 Å². The molecule has 0 unspecified atom stereocenters. The summed E-state index contributed by atoms with van der Waals surface area (Å²) < 4.78 is 22.5. The van der Waals surface area contributed by atoms with Crippen molar-refractivity contribution in [2.45, 2.75) is 13.8 Å². The topological polar surface area (TPSA) is 73.6 Å². The summed E-state index contributed by atoms with van der Waals surface area (Å²) in [5.74, 6) is 0. The quantitative estimate of drug-likeness (QED) is 0.585. The number of rotatable bonds is 7. The third-order valence-corrected chi connectivity index (χ3v) is 4.21. The van der Waals surface area contributed by atoms with Crippen LogP contribution in [-0.4, -0.2) is 19.5 Å². The Hall–Kier alpha value is -0.450. The Morgan fingerprint density at radius 1 is 1.32 bits per heavy atom. The second-order valence-electron chi connectivity index (χ2n) is 3.51. The molecule has 0 bridgehead atoms. The number of nitrogens with one attached hydrogen (secondary N) is 1. The van der Waals surface area contributed by atoms with Crippen molar-refractivity contribution in [3.63, 3.8) is 0 Å². The van der Waals surface area contributed by atoms with Crippen molar-refractivity contribution in [1.82, 2.24) is 0 Å². The molecule has 0 spiro atoms. The zero-order chi connectivity index (χ0) is 13.6. The SMILES string of the molecule is CCOP(=O)(CNc1ccc(Cl)cc1N)OCC.Cl. The normalized spacial score (nSPS) is 10.9. The van der Waals surface area contributed by atoms with Crippen LogP contribution in [0.15, 0.2) is 18.2 Å². The highest BCUT2D eigenvalue weighted by molar-refractivity contribution is 7.53. The third-order valence-electron chi connectivity index (χ3n) is 2.13. The molecule has 0 aromatic heterocycles. The van der Waals surface area contributed by atoms with Crippen LogP contribution in [-0.2, 0) is 13.6 Å². The molecule has 3 N–H and O–H groups in total. The van der Waals surface area contributed by atoms with Crippen molar-refractivity contribution in [2.75, 3.05) is 30.6 Å². The smallest absolute Gasteiger partial charge is 0.349 e. The number of hydrogen-bond donors (Lipinski definition) is 2. The van der Waals surface area contributed by atoms with E-state index >= 15 is 0 Å². The second kappa shape index (κ2) is 8.67. The Balaban J connectivity index is 0.00000324. The summed E-state index contributed by atoms with van der Waals surface area (Å²) in [7, 11) is -3.12. The Kier molecular flexibility index (Phi) is 8.46. The zero-order valence-electron chi connectivity index (χ0n) is 10.9. The van der Waals surface area contributed by atoms with Gasteiger partial charge in [-0.2, -0.15) is 0 Å². The molecule has 0 saturated heterocycles. The van der Waals surface area contributed by atoms with E-state index in [0.717, 1.165) is 0 Å². The molecule has 5 nitrogen and oxygen atoms in total. The van der Waals surface area contributed by atoms with Crippen molar-refractivity contribution in [1.29, 1.82) is 0 Å². The first-order valence-electron chi connectivity index (χ1n) is 5.67. The molecule has 1 aromatic carbocycles. The van der Waals surface area contributed by atoms with E-state index in [4.69, 9.17) is 26.4 Å². The van der Waals surface area contributed by atoms with Crippen LogP contribution in [0.3, 0.4) is 0 Å². The van der Waals surface area contributed by atoms with E-state index < -0.39 is 7.60 Å². The molecule has 0 atom stereocenters. The first-order valence-corrected chi connectivity index (χ1v) is 7.78. The molecule has 0 heterocycles. The molecule has 0 aliphatic rings. The van der Waals surface area contributed by atoms with Gasteiger partial charge in [-0.05, 0) is 32.0 Å². The van der Waals surface area contributed by atoms with Crippen LogP contribution in [0.2, 0.25) is 5.02 Å². The lowest BCUT2D eigenvalue weighted by Gasteiger charge is -2.18. The highest BCUT2D eigenvalue weighted by atomic mass is 35.5. The molecular formula is C11H19Cl2N2O3P. The Morgan fingerprint density at radius 2 is 1.89 bits per heavy atom. The standard InChI is InChI=1S/C11H18ClN2O3P.ClH/c1-3-16-18(15,17-4-2)8-14-11-6-5-9(12)7-10(11)13;/h5-7,14H,3-4,8,13H2,1-2H3;1H. The van der Waals surface area contributed by atoms with Gasteiger partial charge in [0.25, 0.3) is 0 Å². The van der Waals surface area contributed by atoms with Crippen LogP contribution in [0.5, 0.6) is 0 Å². The van der Waals surface area contributed by atoms with Gasteiger partial charge in [-0.3, -0.25) is 4.57 Å². The number of anilines is 2. The molecular weight excluding hydrogens is 310 g/mol. The van der Waals surface area contributed by atoms with Crippen LogP contribution in [0.4, 0.5) is 11.4 Å². The summed E-state index contributed by atoms with van der Waals surface area (Å²) in [4.78, 5) is 0. The van der Waals surface area contributed by atoms with Crippen molar-refractivity contribution >= 4 is 43.0 Å². The minimum atomic E-state index is -3.12. The van der Waals surface area contributed by atoms with Crippen LogP contribution >= 0.6 is 31.6 Å². The second-order valence-corrected chi connectivity index (χ2v) is 6.00. The van der Waals surface area contributed by atoms with Crippen LogP contribution in [0.25, 0.3) is 0 Å². The summed E-state index contributed by atoms with van der Waals surface area (Å²) in [6, 6.07) is 5.04. The van der Waals surface area contributed by atoms with Gasteiger partial charge in [-0.1, -0.05) is 11.6 Å². The molecule has 0 fully saturated rings. The molecule has 8 heteroatoms. The van der Waals surface area contributed by atoms with Crippen molar-refractivity contribution < 1.29 is 13.6 Å². The molecule has 110 valence electrons. The maximum atomic E-state index is 12.2. The molecule has 0 aliphatic carbocycles. The Labute approximate surface area is 124 Å². The summed E-state index contributed by atoms with van der Waals surface area (Å²) in [6.45, 7) is 4.19. The largest absolute Gasteiger partial charge is 0.397 e. The van der Waals surface area contributed by atoms with E-state index in [0.29, 0.717) is 29.6 Å². The van der Waals surface area contributed by atoms with E-state index in [9.17, 15) is 4.57 Å². The minimum absolute atomic E-state index is 0. The van der Waals surface area contributed by atoms with Crippen molar-refractivity contribution in [3.8, 4) is 0 Å². The molecule has 1 rings (SSSR count). The van der Waals surface area contributed by atoms with Gasteiger partial charge < -0.3 is 20.1 Å². The van der Waals surface area contributed by atoms with E-state index in [-0.39, 0.29) is 18.7 Å². The molecule has 0 radical (unpaired) electrons. The molecule has 1 aromatic rings. The number of nitrogen functional groups attached to an aromatic ring is 1.